The maximum absolute atomic E-state index is 13.3. The predicted molar refractivity (Wildman–Crippen MR) is 132 cm³/mol. The van der Waals surface area contributed by atoms with Crippen molar-refractivity contribution in [2.24, 2.45) is 11.1 Å². The van der Waals surface area contributed by atoms with Gasteiger partial charge in [-0.05, 0) is 60.4 Å². The summed E-state index contributed by atoms with van der Waals surface area (Å²) in [6.45, 7) is 0.668. The van der Waals surface area contributed by atoms with Crippen LogP contribution in [-0.2, 0) is 21.0 Å². The van der Waals surface area contributed by atoms with Crippen LogP contribution in [0.4, 0.5) is 5.82 Å². The minimum atomic E-state index is -3.95. The highest BCUT2D eigenvalue weighted by Gasteiger charge is 2.28. The third-order valence-corrected chi connectivity index (χ3v) is 7.50. The number of pyridine rings is 1. The van der Waals surface area contributed by atoms with Crippen LogP contribution in [0.15, 0.2) is 54.6 Å². The third-order valence-electron chi connectivity index (χ3n) is 6.06. The van der Waals surface area contributed by atoms with Crippen molar-refractivity contribution in [3.8, 4) is 0 Å². The van der Waals surface area contributed by atoms with E-state index in [1.54, 1.807) is 6.20 Å². The minimum absolute atomic E-state index is 0.0407. The van der Waals surface area contributed by atoms with Gasteiger partial charge in [0.2, 0.25) is 5.78 Å². The SMILES string of the molecule is NS(=O)(=O)OCC1CC[C@H](Nc2ncncc2C(=O)c2cc(Cn3ccc4cccnc43)cs2)C1. The summed E-state index contributed by atoms with van der Waals surface area (Å²) >= 11 is 1.39. The van der Waals surface area contributed by atoms with Crippen molar-refractivity contribution in [2.75, 3.05) is 11.9 Å². The van der Waals surface area contributed by atoms with Crippen molar-refractivity contribution in [3.63, 3.8) is 0 Å². The number of ketones is 1. The molecule has 2 atom stereocenters. The Labute approximate surface area is 206 Å². The summed E-state index contributed by atoms with van der Waals surface area (Å²) < 4.78 is 28.9. The van der Waals surface area contributed by atoms with Gasteiger partial charge >= 0.3 is 10.3 Å². The van der Waals surface area contributed by atoms with Gasteiger partial charge < -0.3 is 9.88 Å². The second-order valence-electron chi connectivity index (χ2n) is 8.59. The van der Waals surface area contributed by atoms with E-state index < -0.39 is 10.3 Å². The summed E-state index contributed by atoms with van der Waals surface area (Å²) in [4.78, 5) is 26.7. The van der Waals surface area contributed by atoms with Gasteiger partial charge in [0, 0.05) is 36.6 Å². The molecular formula is C23H24N6O4S2. The molecule has 0 radical (unpaired) electrons. The topological polar surface area (TPSA) is 142 Å². The van der Waals surface area contributed by atoms with Gasteiger partial charge in [-0.25, -0.2) is 20.1 Å². The van der Waals surface area contributed by atoms with E-state index in [2.05, 4.69) is 24.8 Å². The molecule has 12 heteroatoms. The number of carbonyl (C=O) groups is 1. The number of anilines is 1. The zero-order chi connectivity index (χ0) is 24.4. The van der Waals surface area contributed by atoms with Crippen LogP contribution in [0.3, 0.4) is 0 Å². The number of thiophene rings is 1. The average molecular weight is 513 g/mol. The van der Waals surface area contributed by atoms with Crippen molar-refractivity contribution >= 4 is 44.3 Å². The molecule has 1 saturated carbocycles. The van der Waals surface area contributed by atoms with E-state index in [-0.39, 0.29) is 24.3 Å². The lowest BCUT2D eigenvalue weighted by molar-refractivity contribution is 0.104. The molecule has 0 bridgehead atoms. The number of hydrogen-bond acceptors (Lipinski definition) is 9. The lowest BCUT2D eigenvalue weighted by Gasteiger charge is -2.15. The Morgan fingerprint density at radius 1 is 1.29 bits per heavy atom. The minimum Gasteiger partial charge on any atom is -0.367 e. The van der Waals surface area contributed by atoms with Gasteiger partial charge in [-0.3, -0.25) is 8.98 Å². The summed E-state index contributed by atoms with van der Waals surface area (Å²) in [7, 11) is -3.95. The highest BCUT2D eigenvalue weighted by atomic mass is 32.2. The molecule has 0 saturated heterocycles. The standard InChI is InChI=1S/C23H24N6O4S2/c24-35(31,32)33-12-15-3-4-18(8-15)28-22-19(10-25-14-27-22)21(30)20-9-16(13-34-20)11-29-7-5-17-2-1-6-26-23(17)29/h1-2,5-7,9-10,13-15,18H,3-4,8,11-12H2,(H2,24,31,32)(H,25,27,28)/t15?,18-/m0/s1. The molecule has 4 aromatic heterocycles. The number of nitrogens with zero attached hydrogens (tertiary/aromatic N) is 4. The summed E-state index contributed by atoms with van der Waals surface area (Å²) in [5.74, 6) is 0.386. The fraction of sp³-hybridized carbons (Fsp3) is 0.304. The predicted octanol–water partition coefficient (Wildman–Crippen LogP) is 2.97. The van der Waals surface area contributed by atoms with E-state index in [1.807, 2.05) is 35.8 Å². The molecule has 5 rings (SSSR count). The van der Waals surface area contributed by atoms with Crippen LogP contribution >= 0.6 is 11.3 Å². The number of nitrogens with one attached hydrogen (secondary N) is 1. The lowest BCUT2D eigenvalue weighted by Crippen LogP contribution is -2.22. The van der Waals surface area contributed by atoms with Gasteiger partial charge in [0.1, 0.15) is 17.8 Å². The van der Waals surface area contributed by atoms with Crippen molar-refractivity contribution < 1.29 is 17.4 Å². The molecule has 1 aliphatic carbocycles. The number of nitrogens with two attached hydrogens (primary N) is 1. The molecule has 4 heterocycles. The summed E-state index contributed by atoms with van der Waals surface area (Å²) in [5.41, 5.74) is 2.32. The number of fused-ring (bicyclic) bond motifs is 1. The molecule has 182 valence electrons. The van der Waals surface area contributed by atoms with E-state index in [4.69, 9.17) is 9.32 Å². The zero-order valence-corrected chi connectivity index (χ0v) is 20.3. The monoisotopic (exact) mass is 512 g/mol. The lowest BCUT2D eigenvalue weighted by atomic mass is 10.1. The van der Waals surface area contributed by atoms with Crippen LogP contribution in [-0.4, -0.2) is 46.4 Å². The average Bonchev–Trinajstić information content (AvgIpc) is 3.58. The van der Waals surface area contributed by atoms with Gasteiger partial charge in [-0.1, -0.05) is 0 Å². The maximum Gasteiger partial charge on any atom is 0.333 e. The first-order valence-electron chi connectivity index (χ1n) is 11.1. The quantitative estimate of drug-likeness (QED) is 0.326. The maximum atomic E-state index is 13.3. The van der Waals surface area contributed by atoms with E-state index in [1.165, 1.54) is 23.9 Å². The normalized spacial score (nSPS) is 18.2. The first-order valence-corrected chi connectivity index (χ1v) is 13.5. The second kappa shape index (κ2) is 9.82. The fourth-order valence-electron chi connectivity index (χ4n) is 4.41. The Morgan fingerprint density at radius 3 is 3.03 bits per heavy atom. The molecule has 4 aromatic rings. The second-order valence-corrected chi connectivity index (χ2v) is 10.7. The largest absolute Gasteiger partial charge is 0.367 e. The number of aromatic nitrogens is 4. The van der Waals surface area contributed by atoms with Crippen LogP contribution in [0.1, 0.15) is 40.1 Å². The summed E-state index contributed by atoms with van der Waals surface area (Å²) in [6, 6.07) is 7.89. The Hall–Kier alpha value is -3.19. The van der Waals surface area contributed by atoms with E-state index >= 15 is 0 Å². The molecular weight excluding hydrogens is 488 g/mol. The van der Waals surface area contributed by atoms with E-state index in [9.17, 15) is 13.2 Å². The van der Waals surface area contributed by atoms with Crippen molar-refractivity contribution in [1.29, 1.82) is 0 Å². The van der Waals surface area contributed by atoms with Gasteiger partial charge in [0.25, 0.3) is 0 Å². The Bertz CT molecular complexity index is 1470. The summed E-state index contributed by atoms with van der Waals surface area (Å²) in [5, 5.41) is 11.3. The van der Waals surface area contributed by atoms with Gasteiger partial charge in [0.05, 0.1) is 17.0 Å². The van der Waals surface area contributed by atoms with Gasteiger partial charge in [-0.15, -0.1) is 11.3 Å². The molecule has 1 fully saturated rings. The zero-order valence-electron chi connectivity index (χ0n) is 18.7. The molecule has 0 aromatic carbocycles. The first-order chi connectivity index (χ1) is 16.9. The Balaban J connectivity index is 1.27. The Kier molecular flexibility index (Phi) is 6.60. The van der Waals surface area contributed by atoms with Crippen LogP contribution < -0.4 is 10.5 Å². The smallest absolute Gasteiger partial charge is 0.333 e. The van der Waals surface area contributed by atoms with E-state index in [0.717, 1.165) is 29.4 Å². The third kappa shape index (κ3) is 5.56. The number of rotatable bonds is 9. The Morgan fingerprint density at radius 2 is 2.17 bits per heavy atom. The molecule has 10 nitrogen and oxygen atoms in total. The first kappa shape index (κ1) is 23.5. The molecule has 0 amide bonds. The molecule has 1 unspecified atom stereocenters. The number of carbonyl (C=O) groups excluding carboxylic acids is 1. The fourth-order valence-corrected chi connectivity index (χ4v) is 5.65. The molecule has 3 N–H and O–H groups in total. The highest BCUT2D eigenvalue weighted by molar-refractivity contribution is 7.84. The molecule has 35 heavy (non-hydrogen) atoms. The highest BCUT2D eigenvalue weighted by Crippen LogP contribution is 2.30. The number of hydrogen-bond donors (Lipinski definition) is 2. The van der Waals surface area contributed by atoms with Crippen molar-refractivity contribution in [1.82, 2.24) is 19.5 Å². The molecule has 0 spiro atoms. The van der Waals surface area contributed by atoms with Crippen LogP contribution in [0.25, 0.3) is 11.0 Å². The summed E-state index contributed by atoms with van der Waals surface area (Å²) in [6.07, 6.45) is 8.97. The van der Waals surface area contributed by atoms with Gasteiger partial charge in [0.15, 0.2) is 0 Å². The van der Waals surface area contributed by atoms with Crippen LogP contribution in [0.2, 0.25) is 0 Å². The van der Waals surface area contributed by atoms with Crippen LogP contribution in [0, 0.1) is 5.92 Å². The van der Waals surface area contributed by atoms with Crippen molar-refractivity contribution in [2.45, 2.75) is 31.8 Å². The van der Waals surface area contributed by atoms with Crippen LogP contribution in [0.5, 0.6) is 0 Å². The molecule has 0 aliphatic heterocycles. The van der Waals surface area contributed by atoms with Crippen molar-refractivity contribution in [3.05, 3.63) is 70.6 Å². The van der Waals surface area contributed by atoms with E-state index in [0.29, 0.717) is 29.2 Å². The van der Waals surface area contributed by atoms with Gasteiger partial charge in [-0.2, -0.15) is 8.42 Å². The molecule has 1 aliphatic rings.